The Balaban J connectivity index is 0.000000448. The fraction of sp³-hybridized carbons (Fsp3) is 0.296. The molecule has 0 spiro atoms. The third-order valence-corrected chi connectivity index (χ3v) is 6.20. The molecule has 204 valence electrons. The Bertz CT molecular complexity index is 1490. The van der Waals surface area contributed by atoms with Crippen molar-refractivity contribution >= 4 is 17.5 Å². The molecule has 1 N–H and O–H groups in total. The van der Waals surface area contributed by atoms with E-state index < -0.39 is 12.1 Å². The largest absolute Gasteiger partial charge is 0.497 e. The minimum Gasteiger partial charge on any atom is -0.497 e. The molecule has 39 heavy (non-hydrogen) atoms. The number of carboxylic acids is 1. The first kappa shape index (κ1) is 27.6. The zero-order valence-electron chi connectivity index (χ0n) is 21.2. The maximum atomic E-state index is 13.0. The van der Waals surface area contributed by atoms with E-state index >= 15 is 0 Å². The van der Waals surface area contributed by atoms with Crippen LogP contribution in [0.25, 0.3) is 16.8 Å². The number of fused-ring (bicyclic) bond motifs is 1. The molecule has 3 aromatic heterocycles. The number of amides is 1. The highest BCUT2D eigenvalue weighted by atomic mass is 19.4. The molecule has 1 atom stereocenters. The van der Waals surface area contributed by atoms with Crippen molar-refractivity contribution < 1.29 is 32.6 Å². The smallest absolute Gasteiger partial charge is 0.490 e. The molecule has 0 saturated carbocycles. The van der Waals surface area contributed by atoms with Crippen LogP contribution in [0, 0.1) is 6.92 Å². The highest BCUT2D eigenvalue weighted by Gasteiger charge is 2.38. The summed E-state index contributed by atoms with van der Waals surface area (Å²) in [5, 5.41) is 11.9. The van der Waals surface area contributed by atoms with Gasteiger partial charge in [-0.05, 0) is 67.3 Å². The molecule has 5 rings (SSSR count). The van der Waals surface area contributed by atoms with Gasteiger partial charge in [-0.3, -0.25) is 9.78 Å². The quantitative estimate of drug-likeness (QED) is 0.397. The molecule has 1 aliphatic rings. The summed E-state index contributed by atoms with van der Waals surface area (Å²) in [6.07, 6.45) is 0.480. The Labute approximate surface area is 221 Å². The van der Waals surface area contributed by atoms with Gasteiger partial charge in [-0.2, -0.15) is 18.3 Å². The maximum absolute atomic E-state index is 13.0. The van der Waals surface area contributed by atoms with Crippen LogP contribution in [0.2, 0.25) is 0 Å². The number of aliphatic carboxylic acids is 1. The van der Waals surface area contributed by atoms with E-state index in [0.29, 0.717) is 12.2 Å². The van der Waals surface area contributed by atoms with Gasteiger partial charge in [0.05, 0.1) is 7.11 Å². The Morgan fingerprint density at radius 3 is 2.56 bits per heavy atom. The van der Waals surface area contributed by atoms with E-state index in [1.165, 1.54) is 0 Å². The van der Waals surface area contributed by atoms with Gasteiger partial charge in [0.2, 0.25) is 0 Å². The van der Waals surface area contributed by atoms with Crippen molar-refractivity contribution in [1.82, 2.24) is 24.5 Å². The molecular formula is C27H26F3N5O4. The normalized spacial score (nSPS) is 15.4. The molecule has 1 unspecified atom stereocenters. The molecule has 0 radical (unpaired) electrons. The van der Waals surface area contributed by atoms with Crippen molar-refractivity contribution in [3.8, 4) is 16.9 Å². The van der Waals surface area contributed by atoms with Gasteiger partial charge >= 0.3 is 12.1 Å². The molecule has 1 fully saturated rings. The SMILES string of the molecule is COc1cccc(-c2ccc3nc(C4CCCN(C(=O)c5cc(C)ccn5)C4)nn3c2)c1.O=C(O)C(F)(F)F. The number of aryl methyl sites for hydroxylation is 1. The summed E-state index contributed by atoms with van der Waals surface area (Å²) in [5.41, 5.74) is 4.43. The predicted octanol–water partition coefficient (Wildman–Crippen LogP) is 4.76. The summed E-state index contributed by atoms with van der Waals surface area (Å²) >= 11 is 0. The minimum absolute atomic E-state index is 0.0255. The number of hydrogen-bond acceptors (Lipinski definition) is 6. The van der Waals surface area contributed by atoms with Gasteiger partial charge < -0.3 is 14.7 Å². The third kappa shape index (κ3) is 6.70. The second-order valence-corrected chi connectivity index (χ2v) is 9.03. The summed E-state index contributed by atoms with van der Waals surface area (Å²) in [6.45, 7) is 3.31. The van der Waals surface area contributed by atoms with Crippen LogP contribution < -0.4 is 4.74 Å². The van der Waals surface area contributed by atoms with Crippen molar-refractivity contribution in [1.29, 1.82) is 0 Å². The van der Waals surface area contributed by atoms with Crippen LogP contribution in [0.3, 0.4) is 0 Å². The van der Waals surface area contributed by atoms with E-state index in [9.17, 15) is 18.0 Å². The van der Waals surface area contributed by atoms with Crippen LogP contribution >= 0.6 is 0 Å². The van der Waals surface area contributed by atoms with Crippen molar-refractivity contribution in [2.24, 2.45) is 0 Å². The number of piperidine rings is 1. The summed E-state index contributed by atoms with van der Waals surface area (Å²) < 4.78 is 38.9. The number of pyridine rings is 2. The lowest BCUT2D eigenvalue weighted by Gasteiger charge is -2.31. The maximum Gasteiger partial charge on any atom is 0.490 e. The van der Waals surface area contributed by atoms with Crippen LogP contribution in [0.1, 0.15) is 40.6 Å². The number of rotatable bonds is 4. The van der Waals surface area contributed by atoms with Gasteiger partial charge in [0.15, 0.2) is 11.5 Å². The number of aromatic nitrogens is 4. The molecule has 9 nitrogen and oxygen atoms in total. The Hall–Kier alpha value is -4.48. The number of halogens is 3. The van der Waals surface area contributed by atoms with Gasteiger partial charge in [-0.15, -0.1) is 0 Å². The van der Waals surface area contributed by atoms with Crippen LogP contribution in [0.15, 0.2) is 60.9 Å². The minimum atomic E-state index is -5.08. The lowest BCUT2D eigenvalue weighted by molar-refractivity contribution is -0.192. The topological polar surface area (TPSA) is 110 Å². The second kappa shape index (κ2) is 11.5. The van der Waals surface area contributed by atoms with Crippen LogP contribution in [0.5, 0.6) is 5.75 Å². The van der Waals surface area contributed by atoms with E-state index in [2.05, 4.69) is 4.98 Å². The fourth-order valence-electron chi connectivity index (χ4n) is 4.23. The number of hydrogen-bond donors (Lipinski definition) is 1. The van der Waals surface area contributed by atoms with Crippen molar-refractivity contribution in [3.05, 3.63) is 78.0 Å². The third-order valence-electron chi connectivity index (χ3n) is 6.20. The summed E-state index contributed by atoms with van der Waals surface area (Å²) in [6, 6.07) is 15.7. The fourth-order valence-corrected chi connectivity index (χ4v) is 4.23. The molecule has 1 amide bonds. The first-order valence-electron chi connectivity index (χ1n) is 12.1. The molecule has 1 aliphatic heterocycles. The van der Waals surface area contributed by atoms with Crippen molar-refractivity contribution in [2.45, 2.75) is 31.9 Å². The molecular weight excluding hydrogens is 515 g/mol. The standard InChI is InChI=1S/C25H25N5O2.C2HF3O2/c1-17-10-11-26-22(13-17)25(31)29-12-4-6-20(15-29)24-27-23-9-8-19(16-30(23)28-24)18-5-3-7-21(14-18)32-2;3-2(4,5)1(6)7/h3,5,7-11,13-14,16,20H,4,6,12,15H2,1-2H3;(H,6,7). The van der Waals surface area contributed by atoms with Crippen LogP contribution in [-0.2, 0) is 4.79 Å². The van der Waals surface area contributed by atoms with E-state index in [-0.39, 0.29) is 11.8 Å². The number of ether oxygens (including phenoxy) is 1. The van der Waals surface area contributed by atoms with Crippen LogP contribution in [-0.4, -0.2) is 67.8 Å². The number of alkyl halides is 3. The molecule has 4 heterocycles. The zero-order chi connectivity index (χ0) is 28.2. The molecule has 0 aliphatic carbocycles. The van der Waals surface area contributed by atoms with E-state index in [4.69, 9.17) is 24.7 Å². The molecule has 4 aromatic rings. The van der Waals surface area contributed by atoms with E-state index in [0.717, 1.165) is 53.3 Å². The first-order chi connectivity index (χ1) is 18.5. The average molecular weight is 542 g/mol. The van der Waals surface area contributed by atoms with Crippen molar-refractivity contribution in [3.63, 3.8) is 0 Å². The number of carbonyl (C=O) groups is 2. The average Bonchev–Trinajstić information content (AvgIpc) is 3.36. The zero-order valence-corrected chi connectivity index (χ0v) is 21.2. The summed E-state index contributed by atoms with van der Waals surface area (Å²) in [4.78, 5) is 32.8. The lowest BCUT2D eigenvalue weighted by atomic mass is 9.97. The Morgan fingerprint density at radius 2 is 1.87 bits per heavy atom. The number of nitrogens with zero attached hydrogens (tertiary/aromatic N) is 5. The molecule has 1 aromatic carbocycles. The monoisotopic (exact) mass is 541 g/mol. The molecule has 0 bridgehead atoms. The number of likely N-dealkylation sites (tertiary alicyclic amines) is 1. The number of benzene rings is 1. The van der Waals surface area contributed by atoms with Gasteiger partial charge in [-0.25, -0.2) is 14.3 Å². The van der Waals surface area contributed by atoms with Crippen LogP contribution in [0.4, 0.5) is 13.2 Å². The summed E-state index contributed by atoms with van der Waals surface area (Å²) in [5.74, 6) is -1.08. The number of carbonyl (C=O) groups excluding carboxylic acids is 1. The van der Waals surface area contributed by atoms with Gasteiger partial charge in [0.25, 0.3) is 5.91 Å². The Morgan fingerprint density at radius 1 is 1.10 bits per heavy atom. The highest BCUT2D eigenvalue weighted by molar-refractivity contribution is 5.92. The number of carboxylic acid groups (broad SMARTS) is 1. The second-order valence-electron chi connectivity index (χ2n) is 9.03. The number of methoxy groups -OCH3 is 1. The van der Waals surface area contributed by atoms with Gasteiger partial charge in [0.1, 0.15) is 11.4 Å². The van der Waals surface area contributed by atoms with E-state index in [1.807, 2.05) is 71.1 Å². The predicted molar refractivity (Wildman–Crippen MR) is 136 cm³/mol. The summed E-state index contributed by atoms with van der Waals surface area (Å²) in [7, 11) is 1.67. The first-order valence-corrected chi connectivity index (χ1v) is 12.1. The van der Waals surface area contributed by atoms with E-state index in [1.54, 1.807) is 13.3 Å². The molecule has 1 saturated heterocycles. The lowest BCUT2D eigenvalue weighted by Crippen LogP contribution is -2.39. The molecule has 12 heteroatoms. The highest BCUT2D eigenvalue weighted by Crippen LogP contribution is 2.28. The van der Waals surface area contributed by atoms with Crippen molar-refractivity contribution in [2.75, 3.05) is 20.2 Å². The van der Waals surface area contributed by atoms with Gasteiger partial charge in [-0.1, -0.05) is 12.1 Å². The Kier molecular flexibility index (Phi) is 8.12. The van der Waals surface area contributed by atoms with Gasteiger partial charge in [0, 0.05) is 37.0 Å².